The van der Waals surface area contributed by atoms with E-state index in [4.69, 9.17) is 0 Å². The summed E-state index contributed by atoms with van der Waals surface area (Å²) in [5.74, 6) is 0.470. The quantitative estimate of drug-likeness (QED) is 0.791. The van der Waals surface area contributed by atoms with E-state index in [0.717, 1.165) is 29.2 Å². The largest absolute Gasteiger partial charge is 0.383 e. The van der Waals surface area contributed by atoms with E-state index >= 15 is 0 Å². The third-order valence-electron chi connectivity index (χ3n) is 3.17. The van der Waals surface area contributed by atoms with Crippen molar-refractivity contribution in [1.29, 1.82) is 0 Å². The molecule has 1 aromatic heterocycles. The van der Waals surface area contributed by atoms with E-state index in [1.54, 1.807) is 11.8 Å². The molecule has 0 aliphatic carbocycles. The molecule has 0 aliphatic heterocycles. The van der Waals surface area contributed by atoms with E-state index in [0.29, 0.717) is 13.0 Å². The number of hydrogen-bond donors (Lipinski definition) is 2. The van der Waals surface area contributed by atoms with Crippen LogP contribution in [0.25, 0.3) is 0 Å². The summed E-state index contributed by atoms with van der Waals surface area (Å²) in [5, 5.41) is 16.8. The van der Waals surface area contributed by atoms with Gasteiger partial charge in [0.05, 0.1) is 5.69 Å². The Balaban J connectivity index is 2.57. The Labute approximate surface area is 118 Å². The molecule has 108 valence electrons. The number of nitrogens with zero attached hydrogens (tertiary/aromatic N) is 2. The predicted octanol–water partition coefficient (Wildman–Crippen LogP) is 1.25. The first-order chi connectivity index (χ1) is 9.01. The SMILES string of the molecule is CCn1nc(C)c(CNC(=O)C(O)CCSC)c1C. The molecule has 0 saturated carbocycles. The molecule has 1 atom stereocenters. The Morgan fingerprint density at radius 3 is 2.74 bits per heavy atom. The van der Waals surface area contributed by atoms with E-state index in [9.17, 15) is 9.90 Å². The third kappa shape index (κ3) is 4.24. The highest BCUT2D eigenvalue weighted by atomic mass is 32.2. The Kier molecular flexibility index (Phi) is 6.37. The molecule has 6 heteroatoms. The van der Waals surface area contributed by atoms with E-state index in [-0.39, 0.29) is 5.91 Å². The maximum atomic E-state index is 11.7. The van der Waals surface area contributed by atoms with Crippen LogP contribution in [0, 0.1) is 13.8 Å². The van der Waals surface area contributed by atoms with Crippen molar-refractivity contribution in [2.45, 2.75) is 46.4 Å². The maximum Gasteiger partial charge on any atom is 0.249 e. The number of carbonyl (C=O) groups excluding carboxylic acids is 1. The minimum absolute atomic E-state index is 0.308. The molecule has 1 heterocycles. The first kappa shape index (κ1) is 16.0. The molecule has 0 fully saturated rings. The summed E-state index contributed by atoms with van der Waals surface area (Å²) in [6, 6.07) is 0. The fraction of sp³-hybridized carbons (Fsp3) is 0.692. The lowest BCUT2D eigenvalue weighted by Gasteiger charge is -2.11. The molecule has 19 heavy (non-hydrogen) atoms. The van der Waals surface area contributed by atoms with Crippen LogP contribution >= 0.6 is 11.8 Å². The van der Waals surface area contributed by atoms with E-state index < -0.39 is 6.10 Å². The van der Waals surface area contributed by atoms with Crippen molar-refractivity contribution in [3.05, 3.63) is 17.0 Å². The Morgan fingerprint density at radius 2 is 2.21 bits per heavy atom. The highest BCUT2D eigenvalue weighted by Crippen LogP contribution is 2.12. The van der Waals surface area contributed by atoms with Gasteiger partial charge in [-0.1, -0.05) is 0 Å². The van der Waals surface area contributed by atoms with Gasteiger partial charge in [0.15, 0.2) is 0 Å². The molecular formula is C13H23N3O2S. The van der Waals surface area contributed by atoms with Crippen molar-refractivity contribution in [3.8, 4) is 0 Å². The summed E-state index contributed by atoms with van der Waals surface area (Å²) in [6.07, 6.45) is 1.52. The van der Waals surface area contributed by atoms with Crippen LogP contribution in [0.5, 0.6) is 0 Å². The van der Waals surface area contributed by atoms with Crippen molar-refractivity contribution in [2.24, 2.45) is 0 Å². The number of aromatic nitrogens is 2. The summed E-state index contributed by atoms with van der Waals surface area (Å²) in [7, 11) is 0. The molecule has 1 unspecified atom stereocenters. The van der Waals surface area contributed by atoms with Gasteiger partial charge in [0.2, 0.25) is 5.91 Å². The van der Waals surface area contributed by atoms with E-state index in [1.807, 2.05) is 31.7 Å². The summed E-state index contributed by atoms with van der Waals surface area (Å²) in [5.41, 5.74) is 3.03. The van der Waals surface area contributed by atoms with Crippen molar-refractivity contribution >= 4 is 17.7 Å². The zero-order chi connectivity index (χ0) is 14.4. The van der Waals surface area contributed by atoms with Crippen molar-refractivity contribution in [3.63, 3.8) is 0 Å². The van der Waals surface area contributed by atoms with E-state index in [1.165, 1.54) is 0 Å². The Bertz CT molecular complexity index is 432. The monoisotopic (exact) mass is 285 g/mol. The van der Waals surface area contributed by atoms with Gasteiger partial charge >= 0.3 is 0 Å². The average Bonchev–Trinajstić information content (AvgIpc) is 2.68. The molecule has 0 bridgehead atoms. The molecule has 0 spiro atoms. The highest BCUT2D eigenvalue weighted by Gasteiger charge is 2.16. The summed E-state index contributed by atoms with van der Waals surface area (Å²) >= 11 is 1.62. The van der Waals surface area contributed by atoms with Gasteiger partial charge in [0, 0.05) is 24.3 Å². The summed E-state index contributed by atoms with van der Waals surface area (Å²) in [6.45, 7) is 7.21. The van der Waals surface area contributed by atoms with Crippen molar-refractivity contribution in [1.82, 2.24) is 15.1 Å². The van der Waals surface area contributed by atoms with Gasteiger partial charge in [-0.15, -0.1) is 0 Å². The number of aryl methyl sites for hydroxylation is 2. The number of hydrogen-bond acceptors (Lipinski definition) is 4. The fourth-order valence-electron chi connectivity index (χ4n) is 1.95. The number of aliphatic hydroxyl groups is 1. The summed E-state index contributed by atoms with van der Waals surface area (Å²) < 4.78 is 1.92. The van der Waals surface area contributed by atoms with Gasteiger partial charge in [0.25, 0.3) is 0 Å². The predicted molar refractivity (Wildman–Crippen MR) is 78.2 cm³/mol. The van der Waals surface area contributed by atoms with E-state index in [2.05, 4.69) is 10.4 Å². The number of rotatable bonds is 7. The standard InChI is InChI=1S/C13H23N3O2S/c1-5-16-10(3)11(9(2)15-16)8-14-13(18)12(17)6-7-19-4/h12,17H,5-8H2,1-4H3,(H,14,18). The van der Waals surface area contributed by atoms with Gasteiger partial charge in [-0.05, 0) is 39.2 Å². The molecule has 0 radical (unpaired) electrons. The normalized spacial score (nSPS) is 12.5. The van der Waals surface area contributed by atoms with Gasteiger partial charge in [0.1, 0.15) is 6.10 Å². The number of thioether (sulfide) groups is 1. The molecule has 1 rings (SSSR count). The van der Waals surface area contributed by atoms with Crippen molar-refractivity contribution < 1.29 is 9.90 Å². The molecule has 1 amide bonds. The second kappa shape index (κ2) is 7.55. The van der Waals surface area contributed by atoms with Gasteiger partial charge in [-0.2, -0.15) is 16.9 Å². The minimum Gasteiger partial charge on any atom is -0.383 e. The number of aliphatic hydroxyl groups excluding tert-OH is 1. The van der Waals surface area contributed by atoms with Crippen LogP contribution in [0.1, 0.15) is 30.3 Å². The van der Waals surface area contributed by atoms with Crippen LogP contribution in [0.15, 0.2) is 0 Å². The number of nitrogens with one attached hydrogen (secondary N) is 1. The smallest absolute Gasteiger partial charge is 0.249 e. The zero-order valence-corrected chi connectivity index (χ0v) is 12.9. The molecule has 2 N–H and O–H groups in total. The average molecular weight is 285 g/mol. The first-order valence-corrected chi connectivity index (χ1v) is 7.88. The van der Waals surface area contributed by atoms with Gasteiger partial charge in [-0.3, -0.25) is 9.48 Å². The van der Waals surface area contributed by atoms with Crippen LogP contribution in [-0.4, -0.2) is 38.9 Å². The second-order valence-electron chi connectivity index (χ2n) is 4.48. The lowest BCUT2D eigenvalue weighted by atomic mass is 10.2. The molecule has 0 aromatic carbocycles. The third-order valence-corrected chi connectivity index (χ3v) is 3.81. The Hall–Kier alpha value is -1.01. The molecule has 1 aromatic rings. The number of carbonyl (C=O) groups is 1. The van der Waals surface area contributed by atoms with Crippen molar-refractivity contribution in [2.75, 3.05) is 12.0 Å². The lowest BCUT2D eigenvalue weighted by Crippen LogP contribution is -2.34. The molecule has 5 nitrogen and oxygen atoms in total. The molecular weight excluding hydrogens is 262 g/mol. The molecule has 0 aliphatic rings. The second-order valence-corrected chi connectivity index (χ2v) is 5.47. The maximum absolute atomic E-state index is 11.7. The van der Waals surface area contributed by atoms with Crippen LogP contribution in [0.2, 0.25) is 0 Å². The number of amides is 1. The van der Waals surface area contributed by atoms with Gasteiger partial charge in [-0.25, -0.2) is 0 Å². The van der Waals surface area contributed by atoms with Crippen LogP contribution in [-0.2, 0) is 17.9 Å². The van der Waals surface area contributed by atoms with Gasteiger partial charge < -0.3 is 10.4 Å². The lowest BCUT2D eigenvalue weighted by molar-refractivity contribution is -0.129. The highest BCUT2D eigenvalue weighted by molar-refractivity contribution is 7.98. The van der Waals surface area contributed by atoms with Crippen LogP contribution in [0.4, 0.5) is 0 Å². The fourth-order valence-corrected chi connectivity index (χ4v) is 2.41. The molecule has 0 saturated heterocycles. The minimum atomic E-state index is -0.922. The summed E-state index contributed by atoms with van der Waals surface area (Å²) in [4.78, 5) is 11.7. The Morgan fingerprint density at radius 1 is 1.53 bits per heavy atom. The van der Waals surface area contributed by atoms with Crippen LogP contribution < -0.4 is 5.32 Å². The zero-order valence-electron chi connectivity index (χ0n) is 12.1. The topological polar surface area (TPSA) is 67.2 Å². The van der Waals surface area contributed by atoms with Crippen LogP contribution in [0.3, 0.4) is 0 Å². The first-order valence-electron chi connectivity index (χ1n) is 6.48.